The number of pyridine rings is 1. The second-order valence-electron chi connectivity index (χ2n) is 1.66. The van der Waals surface area contributed by atoms with Crippen LogP contribution in [0.3, 0.4) is 0 Å². The Balaban J connectivity index is 3.07. The van der Waals surface area contributed by atoms with Crippen LogP contribution in [0.5, 0.6) is 0 Å². The summed E-state index contributed by atoms with van der Waals surface area (Å²) < 4.78 is 0. The van der Waals surface area contributed by atoms with E-state index in [1.54, 1.807) is 0 Å². The highest BCUT2D eigenvalue weighted by atomic mass is 35.5. The molecule has 0 bridgehead atoms. The molecule has 10 heavy (non-hydrogen) atoms. The van der Waals surface area contributed by atoms with Crippen LogP contribution in [0, 0.1) is 6.07 Å². The molecule has 0 aliphatic heterocycles. The fourth-order valence-electron chi connectivity index (χ4n) is 0.496. The van der Waals surface area contributed by atoms with Crippen molar-refractivity contribution in [1.29, 1.82) is 0 Å². The molecule has 51 valence electrons. The first kappa shape index (κ1) is 7.02. The van der Waals surface area contributed by atoms with E-state index in [-0.39, 0.29) is 10.6 Å². The van der Waals surface area contributed by atoms with Crippen molar-refractivity contribution in [3.05, 3.63) is 29.0 Å². The zero-order valence-corrected chi connectivity index (χ0v) is 5.72. The summed E-state index contributed by atoms with van der Waals surface area (Å²) in [5.41, 5.74) is 5.12. The van der Waals surface area contributed by atoms with E-state index < -0.39 is 5.91 Å². The number of halogens is 1. The van der Waals surface area contributed by atoms with Gasteiger partial charge in [0.05, 0.1) is 10.6 Å². The van der Waals surface area contributed by atoms with E-state index in [4.69, 9.17) is 17.3 Å². The van der Waals surface area contributed by atoms with E-state index in [0.29, 0.717) is 0 Å². The molecule has 1 aromatic heterocycles. The number of aromatic nitrogens is 1. The zero-order valence-electron chi connectivity index (χ0n) is 4.97. The molecule has 0 spiro atoms. The lowest BCUT2D eigenvalue weighted by atomic mass is 10.3. The first-order valence-electron chi connectivity index (χ1n) is 2.53. The minimum Gasteiger partial charge on any atom is -0.366 e. The van der Waals surface area contributed by atoms with Crippen molar-refractivity contribution < 1.29 is 4.79 Å². The Hall–Kier alpha value is -1.09. The van der Waals surface area contributed by atoms with Gasteiger partial charge >= 0.3 is 0 Å². The number of rotatable bonds is 1. The molecule has 3 nitrogen and oxygen atoms in total. The molecule has 0 fully saturated rings. The lowest BCUT2D eigenvalue weighted by Crippen LogP contribution is -2.11. The summed E-state index contributed by atoms with van der Waals surface area (Å²) in [7, 11) is 0. The molecule has 1 aromatic rings. The third-order valence-corrected chi connectivity index (χ3v) is 1.10. The third-order valence-electron chi connectivity index (χ3n) is 0.911. The maximum Gasteiger partial charge on any atom is 0.250 e. The third kappa shape index (κ3) is 1.45. The van der Waals surface area contributed by atoms with E-state index in [1.807, 2.05) is 0 Å². The summed E-state index contributed by atoms with van der Waals surface area (Å²) in [6.45, 7) is 0. The fraction of sp³-hybridized carbons (Fsp3) is 0. The summed E-state index contributed by atoms with van der Waals surface area (Å²) in [5.74, 6) is -0.574. The Kier molecular flexibility index (Phi) is 1.87. The molecule has 2 N–H and O–H groups in total. The minimum absolute atomic E-state index is 0.201. The molecular formula is C6H4ClN2O. The summed E-state index contributed by atoms with van der Waals surface area (Å²) >= 11 is 5.46. The van der Waals surface area contributed by atoms with Crippen molar-refractivity contribution in [1.82, 2.24) is 4.98 Å². The Bertz CT molecular complexity index is 262. The van der Waals surface area contributed by atoms with Crippen LogP contribution in [0.25, 0.3) is 0 Å². The number of hydrogen-bond donors (Lipinski definition) is 1. The van der Waals surface area contributed by atoms with Crippen LogP contribution in [0.15, 0.2) is 12.4 Å². The molecule has 0 unspecified atom stereocenters. The number of amides is 1. The Labute approximate surface area is 62.8 Å². The Morgan fingerprint density at radius 2 is 2.40 bits per heavy atom. The highest BCUT2D eigenvalue weighted by molar-refractivity contribution is 6.30. The number of nitrogens with two attached hydrogens (primary N) is 1. The van der Waals surface area contributed by atoms with Crippen molar-refractivity contribution >= 4 is 17.5 Å². The van der Waals surface area contributed by atoms with Gasteiger partial charge in [-0.3, -0.25) is 9.78 Å². The van der Waals surface area contributed by atoms with Gasteiger partial charge in [-0.1, -0.05) is 11.6 Å². The van der Waals surface area contributed by atoms with Crippen LogP contribution in [0.2, 0.25) is 5.02 Å². The van der Waals surface area contributed by atoms with Gasteiger partial charge in [0.15, 0.2) is 0 Å². The van der Waals surface area contributed by atoms with E-state index in [0.717, 1.165) is 0 Å². The van der Waals surface area contributed by atoms with E-state index in [1.165, 1.54) is 12.4 Å². The van der Waals surface area contributed by atoms with Crippen molar-refractivity contribution in [2.45, 2.75) is 0 Å². The summed E-state index contributed by atoms with van der Waals surface area (Å²) in [4.78, 5) is 14.1. The molecular weight excluding hydrogens is 152 g/mol. The smallest absolute Gasteiger partial charge is 0.250 e. The first-order chi connectivity index (χ1) is 4.70. The molecule has 0 atom stereocenters. The summed E-state index contributed by atoms with van der Waals surface area (Å²) in [5, 5.41) is 0.288. The second kappa shape index (κ2) is 2.66. The van der Waals surface area contributed by atoms with Crippen LogP contribution in [0.1, 0.15) is 10.4 Å². The maximum atomic E-state index is 10.4. The molecule has 0 saturated carbocycles. The normalized spacial score (nSPS) is 9.30. The van der Waals surface area contributed by atoms with E-state index >= 15 is 0 Å². The molecule has 0 aliphatic rings. The minimum atomic E-state index is -0.574. The molecule has 1 amide bonds. The van der Waals surface area contributed by atoms with E-state index in [2.05, 4.69) is 11.1 Å². The first-order valence-corrected chi connectivity index (χ1v) is 2.90. The monoisotopic (exact) mass is 155 g/mol. The molecule has 1 rings (SSSR count). The molecule has 0 aliphatic carbocycles. The number of nitrogens with zero attached hydrogens (tertiary/aromatic N) is 1. The highest BCUT2D eigenvalue weighted by Gasteiger charge is 1.99. The van der Waals surface area contributed by atoms with Gasteiger partial charge in [0.1, 0.15) is 0 Å². The largest absolute Gasteiger partial charge is 0.366 e. The number of carbonyl (C=O) groups excluding carboxylic acids is 1. The van der Waals surface area contributed by atoms with Gasteiger partial charge < -0.3 is 5.73 Å². The lowest BCUT2D eigenvalue weighted by Gasteiger charge is -1.91. The SMILES string of the molecule is NC(=O)c1[c]c(Cl)cnc1. The molecule has 1 radical (unpaired) electrons. The molecule has 1 heterocycles. The van der Waals surface area contributed by atoms with Gasteiger partial charge in [-0.15, -0.1) is 0 Å². The van der Waals surface area contributed by atoms with Crippen LogP contribution in [-0.4, -0.2) is 10.9 Å². The second-order valence-corrected chi connectivity index (χ2v) is 2.07. The fourth-order valence-corrected chi connectivity index (χ4v) is 0.654. The number of carbonyl (C=O) groups is 1. The van der Waals surface area contributed by atoms with Crippen LogP contribution < -0.4 is 5.73 Å². The van der Waals surface area contributed by atoms with Gasteiger partial charge in [0.2, 0.25) is 0 Å². The van der Waals surface area contributed by atoms with Gasteiger partial charge in [0.25, 0.3) is 5.91 Å². The van der Waals surface area contributed by atoms with Crippen molar-refractivity contribution in [2.75, 3.05) is 0 Å². The van der Waals surface area contributed by atoms with E-state index in [9.17, 15) is 4.79 Å². The summed E-state index contributed by atoms with van der Waals surface area (Å²) in [6, 6.07) is 2.54. The highest BCUT2D eigenvalue weighted by Crippen LogP contribution is 2.05. The van der Waals surface area contributed by atoms with Crippen LogP contribution in [0.4, 0.5) is 0 Å². The van der Waals surface area contributed by atoms with Gasteiger partial charge in [-0.25, -0.2) is 0 Å². The van der Waals surface area contributed by atoms with Crippen molar-refractivity contribution in [2.24, 2.45) is 5.73 Å². The summed E-state index contributed by atoms with van der Waals surface area (Å²) in [6.07, 6.45) is 2.70. The molecule has 0 saturated heterocycles. The number of hydrogen-bond acceptors (Lipinski definition) is 2. The Morgan fingerprint density at radius 1 is 1.70 bits per heavy atom. The predicted octanol–water partition coefficient (Wildman–Crippen LogP) is 0.634. The Morgan fingerprint density at radius 3 is 2.80 bits per heavy atom. The van der Waals surface area contributed by atoms with Crippen LogP contribution in [-0.2, 0) is 0 Å². The topological polar surface area (TPSA) is 56.0 Å². The number of primary amides is 1. The lowest BCUT2D eigenvalue weighted by molar-refractivity contribution is 0.0999. The zero-order chi connectivity index (χ0) is 7.56. The quantitative estimate of drug-likeness (QED) is 0.647. The average molecular weight is 156 g/mol. The van der Waals surface area contributed by atoms with Crippen molar-refractivity contribution in [3.63, 3.8) is 0 Å². The average Bonchev–Trinajstić information content (AvgIpc) is 1.88. The molecule has 0 aromatic carbocycles. The predicted molar refractivity (Wildman–Crippen MR) is 36.6 cm³/mol. The van der Waals surface area contributed by atoms with Gasteiger partial charge in [0, 0.05) is 18.5 Å². The van der Waals surface area contributed by atoms with Crippen LogP contribution >= 0.6 is 11.6 Å². The maximum absolute atomic E-state index is 10.4. The van der Waals surface area contributed by atoms with Crippen molar-refractivity contribution in [3.8, 4) is 0 Å². The van der Waals surface area contributed by atoms with Gasteiger partial charge in [-0.2, -0.15) is 0 Å². The van der Waals surface area contributed by atoms with Gasteiger partial charge in [-0.05, 0) is 0 Å². The standard InChI is InChI=1S/C6H4ClN2O/c7-5-1-4(6(8)10)2-9-3-5/h2-3H,(H2,8,10). The molecule has 4 heteroatoms.